The summed E-state index contributed by atoms with van der Waals surface area (Å²) in [7, 11) is 2.07. The average Bonchev–Trinajstić information content (AvgIpc) is 2.25. The molecule has 0 bridgehead atoms. The molecule has 0 saturated carbocycles. The van der Waals surface area contributed by atoms with Gasteiger partial charge in [-0.3, -0.25) is 9.78 Å². The molecule has 1 fully saturated rings. The molecular formula is C9H15N5O2. The number of likely N-dealkylation sites (tertiary alicyclic amines) is 1. The summed E-state index contributed by atoms with van der Waals surface area (Å²) in [6.45, 7) is 2.00. The van der Waals surface area contributed by atoms with Gasteiger partial charge in [0.25, 0.3) is 5.56 Å². The van der Waals surface area contributed by atoms with Crippen LogP contribution in [-0.4, -0.2) is 46.3 Å². The first-order valence-electron chi connectivity index (χ1n) is 5.29. The maximum atomic E-state index is 11.4. The monoisotopic (exact) mass is 225 g/mol. The minimum Gasteiger partial charge on any atom is -0.361 e. The van der Waals surface area contributed by atoms with Crippen LogP contribution >= 0.6 is 0 Å². The van der Waals surface area contributed by atoms with E-state index in [2.05, 4.69) is 32.4 Å². The summed E-state index contributed by atoms with van der Waals surface area (Å²) in [5.41, 5.74) is -1.05. The highest BCUT2D eigenvalue weighted by atomic mass is 16.2. The highest BCUT2D eigenvalue weighted by molar-refractivity contribution is 5.30. The fraction of sp³-hybridized carbons (Fsp3) is 0.667. The van der Waals surface area contributed by atoms with Gasteiger partial charge < -0.3 is 10.2 Å². The van der Waals surface area contributed by atoms with E-state index >= 15 is 0 Å². The van der Waals surface area contributed by atoms with Crippen molar-refractivity contribution in [3.8, 4) is 0 Å². The third kappa shape index (κ3) is 2.48. The molecule has 2 rings (SSSR count). The highest BCUT2D eigenvalue weighted by Crippen LogP contribution is 2.11. The molecule has 1 aromatic heterocycles. The van der Waals surface area contributed by atoms with E-state index in [-0.39, 0.29) is 11.9 Å². The van der Waals surface area contributed by atoms with Crippen LogP contribution in [0.3, 0.4) is 0 Å². The Morgan fingerprint density at radius 1 is 1.38 bits per heavy atom. The Morgan fingerprint density at radius 3 is 2.69 bits per heavy atom. The predicted molar refractivity (Wildman–Crippen MR) is 59.6 cm³/mol. The molecule has 0 unspecified atom stereocenters. The smallest absolute Gasteiger partial charge is 0.342 e. The number of hydrogen-bond acceptors (Lipinski definition) is 5. The first-order chi connectivity index (χ1) is 7.65. The molecular weight excluding hydrogens is 210 g/mol. The highest BCUT2D eigenvalue weighted by Gasteiger charge is 2.17. The van der Waals surface area contributed by atoms with Crippen molar-refractivity contribution in [1.29, 1.82) is 0 Å². The van der Waals surface area contributed by atoms with Crippen LogP contribution in [0.1, 0.15) is 12.8 Å². The van der Waals surface area contributed by atoms with Crippen molar-refractivity contribution in [2.75, 3.05) is 25.5 Å². The van der Waals surface area contributed by atoms with Gasteiger partial charge >= 0.3 is 5.69 Å². The van der Waals surface area contributed by atoms with Gasteiger partial charge in [-0.25, -0.2) is 9.89 Å². The number of nitrogens with zero attached hydrogens (tertiary/aromatic N) is 2. The van der Waals surface area contributed by atoms with E-state index in [1.165, 1.54) is 0 Å². The van der Waals surface area contributed by atoms with E-state index < -0.39 is 11.2 Å². The molecule has 0 aromatic carbocycles. The Labute approximate surface area is 91.9 Å². The Morgan fingerprint density at radius 2 is 2.06 bits per heavy atom. The number of H-pyrrole nitrogens is 2. The van der Waals surface area contributed by atoms with Crippen molar-refractivity contribution in [2.45, 2.75) is 18.9 Å². The molecule has 0 amide bonds. The quantitative estimate of drug-likeness (QED) is 0.598. The maximum Gasteiger partial charge on any atom is 0.342 e. The SMILES string of the molecule is CN1CCC(Nc2n[nH]c(=O)[nH]c2=O)CC1. The number of anilines is 1. The van der Waals surface area contributed by atoms with Crippen molar-refractivity contribution >= 4 is 5.82 Å². The number of hydrogen-bond donors (Lipinski definition) is 3. The standard InChI is InChI=1S/C9H15N5O2/c1-14-4-2-6(3-5-14)10-7-8(15)11-9(16)13-12-7/h6H,2-5H2,1H3,(H,10,12)(H2,11,13,15,16). The van der Waals surface area contributed by atoms with E-state index in [0.717, 1.165) is 25.9 Å². The Kier molecular flexibility index (Phi) is 3.04. The van der Waals surface area contributed by atoms with E-state index in [1.54, 1.807) is 0 Å². The third-order valence-electron chi connectivity index (χ3n) is 2.77. The van der Waals surface area contributed by atoms with Crippen LogP contribution in [0.2, 0.25) is 0 Å². The third-order valence-corrected chi connectivity index (χ3v) is 2.77. The van der Waals surface area contributed by atoms with Gasteiger partial charge in [-0.05, 0) is 33.0 Å². The lowest BCUT2D eigenvalue weighted by molar-refractivity contribution is 0.263. The van der Waals surface area contributed by atoms with Crippen LogP contribution in [0.15, 0.2) is 9.59 Å². The predicted octanol–water partition coefficient (Wildman–Crippen LogP) is -1.04. The van der Waals surface area contributed by atoms with Crippen LogP contribution in [0.5, 0.6) is 0 Å². The zero-order valence-corrected chi connectivity index (χ0v) is 9.12. The second-order valence-electron chi connectivity index (χ2n) is 4.08. The number of nitrogens with one attached hydrogen (secondary N) is 3. The van der Waals surface area contributed by atoms with Gasteiger partial charge in [-0.15, -0.1) is 5.10 Å². The first kappa shape index (κ1) is 10.9. The molecule has 7 nitrogen and oxygen atoms in total. The second-order valence-corrected chi connectivity index (χ2v) is 4.08. The zero-order valence-electron chi connectivity index (χ0n) is 9.12. The minimum absolute atomic E-state index is 0.189. The van der Waals surface area contributed by atoms with Crippen molar-refractivity contribution in [3.05, 3.63) is 20.8 Å². The van der Waals surface area contributed by atoms with Gasteiger partial charge in [0, 0.05) is 6.04 Å². The molecule has 0 radical (unpaired) electrons. The van der Waals surface area contributed by atoms with E-state index in [0.29, 0.717) is 0 Å². The van der Waals surface area contributed by atoms with Gasteiger partial charge in [-0.1, -0.05) is 0 Å². The van der Waals surface area contributed by atoms with Crippen molar-refractivity contribution in [2.24, 2.45) is 0 Å². The minimum atomic E-state index is -0.584. The summed E-state index contributed by atoms with van der Waals surface area (Å²) >= 11 is 0. The summed E-state index contributed by atoms with van der Waals surface area (Å²) in [6.07, 6.45) is 1.94. The lowest BCUT2D eigenvalue weighted by atomic mass is 10.1. The van der Waals surface area contributed by atoms with Crippen LogP contribution in [0, 0.1) is 0 Å². The van der Waals surface area contributed by atoms with Crippen molar-refractivity contribution < 1.29 is 0 Å². The Bertz CT molecular complexity index is 457. The molecule has 0 spiro atoms. The summed E-state index contributed by atoms with van der Waals surface area (Å²) < 4.78 is 0. The molecule has 2 heterocycles. The van der Waals surface area contributed by atoms with E-state index in [4.69, 9.17) is 0 Å². The molecule has 1 aromatic rings. The lowest BCUT2D eigenvalue weighted by Gasteiger charge is -2.29. The average molecular weight is 225 g/mol. The molecule has 0 atom stereocenters. The van der Waals surface area contributed by atoms with Gasteiger partial charge in [-0.2, -0.15) is 0 Å². The molecule has 1 aliphatic heterocycles. The van der Waals surface area contributed by atoms with Crippen molar-refractivity contribution in [1.82, 2.24) is 20.1 Å². The molecule has 88 valence electrons. The van der Waals surface area contributed by atoms with Crippen LogP contribution in [0.4, 0.5) is 5.82 Å². The fourth-order valence-electron chi connectivity index (χ4n) is 1.79. The molecule has 0 aliphatic carbocycles. The summed E-state index contributed by atoms with van der Waals surface area (Å²) in [5.74, 6) is 0.189. The number of aromatic amines is 2. The van der Waals surface area contributed by atoms with Gasteiger partial charge in [0.05, 0.1) is 0 Å². The second kappa shape index (κ2) is 4.48. The number of rotatable bonds is 2. The maximum absolute atomic E-state index is 11.4. The zero-order chi connectivity index (χ0) is 11.5. The van der Waals surface area contributed by atoms with Crippen LogP contribution in [0.25, 0.3) is 0 Å². The van der Waals surface area contributed by atoms with Gasteiger partial charge in [0.15, 0.2) is 0 Å². The topological polar surface area (TPSA) is 93.9 Å². The molecule has 1 saturated heterocycles. The van der Waals surface area contributed by atoms with Gasteiger partial charge in [0.2, 0.25) is 5.82 Å². The first-order valence-corrected chi connectivity index (χ1v) is 5.29. The lowest BCUT2D eigenvalue weighted by Crippen LogP contribution is -2.39. The Balaban J connectivity index is 2.04. The van der Waals surface area contributed by atoms with Crippen LogP contribution < -0.4 is 16.6 Å². The van der Waals surface area contributed by atoms with Crippen molar-refractivity contribution in [3.63, 3.8) is 0 Å². The Hall–Kier alpha value is -1.63. The fourth-order valence-corrected chi connectivity index (χ4v) is 1.79. The van der Waals surface area contributed by atoms with E-state index in [9.17, 15) is 9.59 Å². The summed E-state index contributed by atoms with van der Waals surface area (Å²) in [6, 6.07) is 0.246. The molecule has 7 heteroatoms. The summed E-state index contributed by atoms with van der Waals surface area (Å²) in [4.78, 5) is 26.5. The number of piperidine rings is 1. The molecule has 1 aliphatic rings. The molecule has 16 heavy (non-hydrogen) atoms. The normalized spacial score (nSPS) is 18.6. The van der Waals surface area contributed by atoms with Gasteiger partial charge in [0.1, 0.15) is 0 Å². The molecule has 3 N–H and O–H groups in total. The van der Waals surface area contributed by atoms with E-state index in [1.807, 2.05) is 0 Å². The number of aromatic nitrogens is 3. The van der Waals surface area contributed by atoms with Crippen LogP contribution in [-0.2, 0) is 0 Å². The summed E-state index contributed by atoms with van der Waals surface area (Å²) in [5, 5.41) is 8.94. The largest absolute Gasteiger partial charge is 0.361 e.